The molecule has 0 radical (unpaired) electrons. The molecule has 0 amide bonds. The molecule has 2 heterocycles. The summed E-state index contributed by atoms with van der Waals surface area (Å²) in [6.45, 7) is 5.37. The molecule has 0 bridgehead atoms. The Hall–Kier alpha value is -1.27. The molecule has 0 saturated carbocycles. The summed E-state index contributed by atoms with van der Waals surface area (Å²) in [6, 6.07) is 4.22. The average molecular weight is 339 g/mol. The van der Waals surface area contributed by atoms with Gasteiger partial charge in [-0.25, -0.2) is 0 Å². The van der Waals surface area contributed by atoms with Gasteiger partial charge in [-0.1, -0.05) is 12.1 Å². The maximum absolute atomic E-state index is 5.28. The van der Waals surface area contributed by atoms with E-state index in [9.17, 15) is 0 Å². The first-order valence-electron chi connectivity index (χ1n) is 6.87. The number of nitrogens with zero attached hydrogens (tertiary/aromatic N) is 3. The largest absolute Gasteiger partial charge is 0.339 e. The van der Waals surface area contributed by atoms with Crippen LogP contribution in [0.4, 0.5) is 0 Å². The lowest BCUT2D eigenvalue weighted by Gasteiger charge is -2.10. The molecule has 0 saturated heterocycles. The third kappa shape index (κ3) is 4.11. The second-order valence-electron chi connectivity index (χ2n) is 4.74. The van der Waals surface area contributed by atoms with Gasteiger partial charge >= 0.3 is 0 Å². The molecule has 0 aromatic carbocycles. The van der Waals surface area contributed by atoms with Gasteiger partial charge in [0, 0.05) is 23.1 Å². The van der Waals surface area contributed by atoms with Gasteiger partial charge in [-0.3, -0.25) is 4.98 Å². The average Bonchev–Trinajstić information content (AvgIpc) is 2.92. The molecule has 1 N–H and O–H groups in total. The lowest BCUT2D eigenvalue weighted by Crippen LogP contribution is -2.27. The summed E-state index contributed by atoms with van der Waals surface area (Å²) in [7, 11) is 0. The molecule has 108 valence electrons. The monoisotopic (exact) mass is 338 g/mol. The number of rotatable bonds is 7. The van der Waals surface area contributed by atoms with Crippen LogP contribution in [0.25, 0.3) is 11.5 Å². The summed E-state index contributed by atoms with van der Waals surface area (Å²) in [5.41, 5.74) is 0.708. The molecule has 5 nitrogen and oxygen atoms in total. The summed E-state index contributed by atoms with van der Waals surface area (Å²) in [6.07, 6.45) is 4.61. The van der Waals surface area contributed by atoms with Crippen molar-refractivity contribution >= 4 is 15.9 Å². The van der Waals surface area contributed by atoms with E-state index in [1.165, 1.54) is 0 Å². The van der Waals surface area contributed by atoms with Gasteiger partial charge in [-0.15, -0.1) is 0 Å². The Bertz CT molecular complexity index is 543. The summed E-state index contributed by atoms with van der Waals surface area (Å²) < 4.78 is 6.15. The lowest BCUT2D eigenvalue weighted by atomic mass is 10.2. The van der Waals surface area contributed by atoms with Gasteiger partial charge in [0.05, 0.1) is 0 Å². The van der Waals surface area contributed by atoms with Crippen LogP contribution in [-0.2, 0) is 6.42 Å². The van der Waals surface area contributed by atoms with Crippen molar-refractivity contribution in [3.05, 3.63) is 28.7 Å². The summed E-state index contributed by atoms with van der Waals surface area (Å²) >= 11 is 3.44. The van der Waals surface area contributed by atoms with Crippen LogP contribution in [0.2, 0.25) is 0 Å². The van der Waals surface area contributed by atoms with Crippen molar-refractivity contribution in [1.29, 1.82) is 0 Å². The third-order valence-corrected chi connectivity index (χ3v) is 3.61. The Kier molecular flexibility index (Phi) is 5.67. The Morgan fingerprint density at radius 2 is 2.30 bits per heavy atom. The lowest BCUT2D eigenvalue weighted by molar-refractivity contribution is 0.367. The Morgan fingerprint density at radius 1 is 1.45 bits per heavy atom. The van der Waals surface area contributed by atoms with Crippen molar-refractivity contribution in [1.82, 2.24) is 20.4 Å². The fourth-order valence-electron chi connectivity index (χ4n) is 1.84. The van der Waals surface area contributed by atoms with Gasteiger partial charge in [0.25, 0.3) is 0 Å². The maximum atomic E-state index is 5.28. The molecule has 0 fully saturated rings. The second-order valence-corrected chi connectivity index (χ2v) is 5.59. The highest BCUT2D eigenvalue weighted by molar-refractivity contribution is 9.10. The predicted molar refractivity (Wildman–Crippen MR) is 81.3 cm³/mol. The molecular formula is C14H19BrN4O. The van der Waals surface area contributed by atoms with E-state index in [1.54, 1.807) is 6.20 Å². The van der Waals surface area contributed by atoms with Crippen LogP contribution in [0, 0.1) is 0 Å². The van der Waals surface area contributed by atoms with Gasteiger partial charge in [-0.05, 0) is 54.4 Å². The quantitative estimate of drug-likeness (QED) is 0.839. The van der Waals surface area contributed by atoms with Gasteiger partial charge in [0.2, 0.25) is 11.7 Å². The van der Waals surface area contributed by atoms with Crippen LogP contribution in [0.5, 0.6) is 0 Å². The smallest absolute Gasteiger partial charge is 0.227 e. The highest BCUT2D eigenvalue weighted by Crippen LogP contribution is 2.23. The van der Waals surface area contributed by atoms with E-state index in [0.717, 1.165) is 30.3 Å². The van der Waals surface area contributed by atoms with Crippen LogP contribution in [0.3, 0.4) is 0 Å². The highest BCUT2D eigenvalue weighted by Gasteiger charge is 2.13. The molecule has 2 aromatic heterocycles. The van der Waals surface area contributed by atoms with Crippen LogP contribution in [-0.4, -0.2) is 27.7 Å². The second kappa shape index (κ2) is 7.50. The number of aryl methyl sites for hydroxylation is 1. The third-order valence-electron chi connectivity index (χ3n) is 2.97. The molecule has 1 atom stereocenters. The maximum Gasteiger partial charge on any atom is 0.227 e. The van der Waals surface area contributed by atoms with Crippen molar-refractivity contribution < 1.29 is 4.52 Å². The molecule has 2 rings (SSSR count). The van der Waals surface area contributed by atoms with Crippen molar-refractivity contribution in [3.63, 3.8) is 0 Å². The normalized spacial score (nSPS) is 12.6. The molecule has 0 aliphatic carbocycles. The summed E-state index contributed by atoms with van der Waals surface area (Å²) in [5.74, 6) is 1.18. The summed E-state index contributed by atoms with van der Waals surface area (Å²) in [4.78, 5) is 8.65. The fraction of sp³-hybridized carbons (Fsp3) is 0.500. The number of pyridine rings is 1. The number of nitrogens with one attached hydrogen (secondary N) is 1. The molecule has 0 spiro atoms. The Morgan fingerprint density at radius 3 is 3.05 bits per heavy atom. The van der Waals surface area contributed by atoms with Crippen molar-refractivity contribution in [2.24, 2.45) is 0 Å². The van der Waals surface area contributed by atoms with Crippen molar-refractivity contribution in [3.8, 4) is 11.5 Å². The fourth-order valence-corrected chi connectivity index (χ4v) is 2.27. The summed E-state index contributed by atoms with van der Waals surface area (Å²) in [5, 5.41) is 7.43. The molecule has 0 aliphatic heterocycles. The molecule has 0 aliphatic rings. The van der Waals surface area contributed by atoms with E-state index in [4.69, 9.17) is 4.52 Å². The molecule has 6 heteroatoms. The molecule has 20 heavy (non-hydrogen) atoms. The first-order valence-corrected chi connectivity index (χ1v) is 7.67. The standard InChI is InChI=1S/C14H19BrN4O/c1-3-8-16-10(2)6-7-12-18-14(19-20-12)13-11(15)5-4-9-17-13/h4-5,9-10,16H,3,6-8H2,1-2H3. The van der Waals surface area contributed by atoms with Crippen LogP contribution < -0.4 is 5.32 Å². The minimum atomic E-state index is 0.451. The number of hydrogen-bond donors (Lipinski definition) is 1. The minimum absolute atomic E-state index is 0.451. The zero-order valence-corrected chi connectivity index (χ0v) is 13.4. The number of aromatic nitrogens is 3. The van der Waals surface area contributed by atoms with Gasteiger partial charge < -0.3 is 9.84 Å². The van der Waals surface area contributed by atoms with Gasteiger partial charge in [-0.2, -0.15) is 4.98 Å². The van der Waals surface area contributed by atoms with E-state index < -0.39 is 0 Å². The van der Waals surface area contributed by atoms with Crippen molar-refractivity contribution in [2.45, 2.75) is 39.2 Å². The zero-order chi connectivity index (χ0) is 14.4. The first-order chi connectivity index (χ1) is 9.70. The Balaban J connectivity index is 1.94. The van der Waals surface area contributed by atoms with Crippen molar-refractivity contribution in [2.75, 3.05) is 6.54 Å². The minimum Gasteiger partial charge on any atom is -0.339 e. The number of halogens is 1. The topological polar surface area (TPSA) is 63.8 Å². The van der Waals surface area contributed by atoms with E-state index in [2.05, 4.69) is 50.2 Å². The molecule has 1 unspecified atom stereocenters. The zero-order valence-electron chi connectivity index (χ0n) is 11.8. The molecule has 2 aromatic rings. The van der Waals surface area contributed by atoms with Gasteiger partial charge in [0.15, 0.2) is 0 Å². The van der Waals surface area contributed by atoms with E-state index >= 15 is 0 Å². The van der Waals surface area contributed by atoms with E-state index in [1.807, 2.05) is 12.1 Å². The highest BCUT2D eigenvalue weighted by atomic mass is 79.9. The van der Waals surface area contributed by atoms with Gasteiger partial charge in [0.1, 0.15) is 5.69 Å². The molecular weight excluding hydrogens is 320 g/mol. The predicted octanol–water partition coefficient (Wildman–Crippen LogP) is 3.21. The number of hydrogen-bond acceptors (Lipinski definition) is 5. The Labute approximate surface area is 127 Å². The first kappa shape index (κ1) is 15.1. The van der Waals surface area contributed by atoms with Crippen LogP contribution in [0.15, 0.2) is 27.3 Å². The van der Waals surface area contributed by atoms with E-state index in [-0.39, 0.29) is 0 Å². The van der Waals surface area contributed by atoms with Crippen LogP contribution >= 0.6 is 15.9 Å². The SMILES string of the molecule is CCCNC(C)CCc1nc(-c2ncccc2Br)no1. The van der Waals surface area contributed by atoms with E-state index in [0.29, 0.717) is 23.5 Å². The van der Waals surface area contributed by atoms with Crippen LogP contribution in [0.1, 0.15) is 32.6 Å².